The second-order valence-corrected chi connectivity index (χ2v) is 13.2. The lowest BCUT2D eigenvalue weighted by atomic mass is 9.80. The summed E-state index contributed by atoms with van der Waals surface area (Å²) in [5, 5.41) is 24.2. The molecule has 5 rings (SSSR count). The van der Waals surface area contributed by atoms with Crippen LogP contribution in [0.4, 0.5) is 4.79 Å². The van der Waals surface area contributed by atoms with Crippen LogP contribution in [-0.4, -0.2) is 86.9 Å². The highest BCUT2D eigenvalue weighted by Gasteiger charge is 2.44. The van der Waals surface area contributed by atoms with Gasteiger partial charge in [-0.15, -0.1) is 0 Å². The molecule has 3 heterocycles. The van der Waals surface area contributed by atoms with E-state index in [9.17, 15) is 23.3 Å². The Morgan fingerprint density at radius 1 is 1.17 bits per heavy atom. The number of carbonyl (C=O) groups excluding carboxylic acids is 1. The van der Waals surface area contributed by atoms with E-state index in [4.69, 9.17) is 18.9 Å². The summed E-state index contributed by atoms with van der Waals surface area (Å²) >= 11 is 0. The van der Waals surface area contributed by atoms with Gasteiger partial charge in [-0.3, -0.25) is 0 Å². The van der Waals surface area contributed by atoms with Crippen molar-refractivity contribution in [2.75, 3.05) is 26.3 Å². The van der Waals surface area contributed by atoms with Crippen LogP contribution in [0.5, 0.6) is 0 Å². The van der Waals surface area contributed by atoms with Gasteiger partial charge in [-0.2, -0.15) is 4.31 Å². The number of fused-ring (bicyclic) bond motifs is 2. The maximum absolute atomic E-state index is 13.8. The van der Waals surface area contributed by atoms with Crippen molar-refractivity contribution in [2.24, 2.45) is 11.8 Å². The molecule has 11 nitrogen and oxygen atoms in total. The number of nitrogens with one attached hydrogen (secondary N) is 1. The summed E-state index contributed by atoms with van der Waals surface area (Å²) in [5.74, 6) is -0.0743. The van der Waals surface area contributed by atoms with Gasteiger partial charge >= 0.3 is 13.2 Å². The zero-order valence-electron chi connectivity index (χ0n) is 23.2. The minimum absolute atomic E-state index is 0.0361. The Kier molecular flexibility index (Phi) is 9.34. The molecule has 222 valence electrons. The van der Waals surface area contributed by atoms with Gasteiger partial charge in [0.05, 0.1) is 42.8 Å². The van der Waals surface area contributed by atoms with Crippen molar-refractivity contribution >= 4 is 28.7 Å². The van der Waals surface area contributed by atoms with Gasteiger partial charge < -0.3 is 34.3 Å². The van der Waals surface area contributed by atoms with Crippen LogP contribution in [0.25, 0.3) is 0 Å². The van der Waals surface area contributed by atoms with E-state index in [2.05, 4.69) is 5.32 Å². The highest BCUT2D eigenvalue weighted by Crippen LogP contribution is 2.33. The monoisotopic (exact) mass is 588 g/mol. The summed E-state index contributed by atoms with van der Waals surface area (Å²) in [6.45, 7) is 4.57. The fourth-order valence-corrected chi connectivity index (χ4v) is 7.22. The molecule has 0 aromatic heterocycles. The van der Waals surface area contributed by atoms with Crippen LogP contribution < -0.4 is 10.8 Å². The predicted molar refractivity (Wildman–Crippen MR) is 150 cm³/mol. The molecule has 3 aliphatic heterocycles. The molecule has 0 saturated carbocycles. The Morgan fingerprint density at radius 3 is 2.71 bits per heavy atom. The Hall–Kier alpha value is -2.52. The highest BCUT2D eigenvalue weighted by atomic mass is 32.2. The summed E-state index contributed by atoms with van der Waals surface area (Å²) in [5.41, 5.74) is 2.00. The molecule has 2 saturated heterocycles. The highest BCUT2D eigenvalue weighted by molar-refractivity contribution is 7.89. The number of aliphatic hydroxyl groups is 1. The van der Waals surface area contributed by atoms with Gasteiger partial charge in [0.1, 0.15) is 6.10 Å². The maximum Gasteiger partial charge on any atom is 0.491 e. The number of carbonyl (C=O) groups is 1. The largest absolute Gasteiger partial charge is 0.491 e. The number of hydrogen-bond acceptors (Lipinski definition) is 9. The van der Waals surface area contributed by atoms with Crippen LogP contribution in [0, 0.1) is 11.8 Å². The van der Waals surface area contributed by atoms with E-state index in [0.717, 1.165) is 12.0 Å². The van der Waals surface area contributed by atoms with E-state index in [1.54, 1.807) is 6.07 Å². The Balaban J connectivity index is 1.33. The van der Waals surface area contributed by atoms with Gasteiger partial charge in [0.25, 0.3) is 0 Å². The van der Waals surface area contributed by atoms with Crippen LogP contribution in [-0.2, 0) is 41.9 Å². The van der Waals surface area contributed by atoms with Crippen LogP contribution in [0.3, 0.4) is 0 Å². The molecule has 0 spiro atoms. The number of aliphatic hydroxyl groups excluding tert-OH is 1. The summed E-state index contributed by atoms with van der Waals surface area (Å²) in [6.07, 6.45) is -1.80. The van der Waals surface area contributed by atoms with Crippen molar-refractivity contribution in [3.05, 3.63) is 59.7 Å². The van der Waals surface area contributed by atoms with E-state index in [0.29, 0.717) is 17.6 Å². The molecule has 3 aliphatic rings. The second kappa shape index (κ2) is 12.8. The second-order valence-electron chi connectivity index (χ2n) is 11.2. The quantitative estimate of drug-likeness (QED) is 0.328. The standard InChI is InChI=1S/C28H37BN2O9S/c1-18(2)14-31(41(35,36)21-8-9-23-20(13-21)16-39-29(23)34)15-25(32)24(12-19-6-4-3-5-7-19)30-28(33)40-26-17-38-27-22(26)10-11-37-27/h3-9,13,18,22,24-27,32,34H,10-12,14-17H2,1-2H3,(H,30,33)/t22-,24?,25+,26-,27+/m0/s1. The van der Waals surface area contributed by atoms with Crippen molar-refractivity contribution in [1.82, 2.24) is 9.62 Å². The minimum Gasteiger partial charge on any atom is -0.443 e. The molecule has 2 aromatic rings. The Morgan fingerprint density at radius 2 is 1.95 bits per heavy atom. The topological polar surface area (TPSA) is 144 Å². The fraction of sp³-hybridized carbons (Fsp3) is 0.536. The number of sulfonamides is 1. The molecule has 5 atom stereocenters. The molecular weight excluding hydrogens is 551 g/mol. The van der Waals surface area contributed by atoms with Crippen molar-refractivity contribution < 1.29 is 42.2 Å². The third-order valence-corrected chi connectivity index (χ3v) is 9.51. The normalized spacial score (nSPS) is 23.5. The minimum atomic E-state index is -4.03. The third-order valence-electron chi connectivity index (χ3n) is 7.68. The summed E-state index contributed by atoms with van der Waals surface area (Å²) < 4.78 is 50.8. The first-order chi connectivity index (χ1) is 19.6. The number of nitrogens with zero attached hydrogens (tertiary/aromatic N) is 1. The van der Waals surface area contributed by atoms with Crippen LogP contribution in [0.15, 0.2) is 53.4 Å². The molecule has 2 aromatic carbocycles. The molecule has 2 fully saturated rings. The van der Waals surface area contributed by atoms with Gasteiger partial charge in [-0.1, -0.05) is 50.2 Å². The first kappa shape index (κ1) is 30.0. The van der Waals surface area contributed by atoms with Crippen molar-refractivity contribution in [1.29, 1.82) is 0 Å². The van der Waals surface area contributed by atoms with Gasteiger partial charge in [-0.05, 0) is 47.5 Å². The first-order valence-electron chi connectivity index (χ1n) is 14.0. The van der Waals surface area contributed by atoms with E-state index in [-0.39, 0.29) is 55.7 Å². The van der Waals surface area contributed by atoms with Crippen LogP contribution in [0.2, 0.25) is 0 Å². The summed E-state index contributed by atoms with van der Waals surface area (Å²) in [7, 11) is -5.11. The van der Waals surface area contributed by atoms with Crippen LogP contribution >= 0.6 is 0 Å². The Bertz CT molecular complexity index is 1310. The number of alkyl carbamates (subject to hydrolysis) is 1. The van der Waals surface area contributed by atoms with Gasteiger partial charge in [-0.25, -0.2) is 13.2 Å². The zero-order chi connectivity index (χ0) is 29.1. The SMILES string of the molecule is CC(C)CN(C[C@@H](O)C(Cc1ccccc1)NC(=O)O[C@H]1CO[C@H]2OCC[C@H]21)S(=O)(=O)c1ccc2c(c1)COB2O. The molecule has 1 unspecified atom stereocenters. The molecule has 0 radical (unpaired) electrons. The van der Waals surface area contributed by atoms with Gasteiger partial charge in [0, 0.05) is 13.1 Å². The number of hydrogen-bond donors (Lipinski definition) is 3. The average molecular weight is 588 g/mol. The van der Waals surface area contributed by atoms with Gasteiger partial charge in [0.2, 0.25) is 10.0 Å². The third kappa shape index (κ3) is 6.94. The fourth-order valence-electron chi connectivity index (χ4n) is 5.55. The molecule has 13 heteroatoms. The molecule has 1 amide bonds. The first-order valence-corrected chi connectivity index (χ1v) is 15.4. The Labute approximate surface area is 240 Å². The summed E-state index contributed by atoms with van der Waals surface area (Å²) in [6, 6.07) is 13.0. The van der Waals surface area contributed by atoms with Crippen molar-refractivity contribution in [3.63, 3.8) is 0 Å². The molecule has 0 aliphatic carbocycles. The number of rotatable bonds is 11. The summed E-state index contributed by atoms with van der Waals surface area (Å²) in [4.78, 5) is 13.0. The lowest BCUT2D eigenvalue weighted by molar-refractivity contribution is -0.0907. The van der Waals surface area contributed by atoms with E-state index in [1.807, 2.05) is 44.2 Å². The smallest absolute Gasteiger partial charge is 0.443 e. The molecule has 41 heavy (non-hydrogen) atoms. The zero-order valence-corrected chi connectivity index (χ0v) is 24.0. The predicted octanol–water partition coefficient (Wildman–Crippen LogP) is 1.01. The van der Waals surface area contributed by atoms with Crippen molar-refractivity contribution in [2.45, 2.75) is 62.7 Å². The molecular formula is C28H37BN2O9S. The lowest BCUT2D eigenvalue weighted by Crippen LogP contribution is -2.51. The lowest BCUT2D eigenvalue weighted by Gasteiger charge is -2.31. The molecule has 0 bridgehead atoms. The van der Waals surface area contributed by atoms with Crippen LogP contribution in [0.1, 0.15) is 31.4 Å². The van der Waals surface area contributed by atoms with E-state index < -0.39 is 41.5 Å². The van der Waals surface area contributed by atoms with Crippen molar-refractivity contribution in [3.8, 4) is 0 Å². The van der Waals surface area contributed by atoms with Gasteiger partial charge in [0.15, 0.2) is 6.29 Å². The number of ether oxygens (including phenoxy) is 3. The van der Waals surface area contributed by atoms with E-state index in [1.165, 1.54) is 16.4 Å². The van der Waals surface area contributed by atoms with E-state index >= 15 is 0 Å². The number of amides is 1. The number of benzene rings is 2. The molecule has 3 N–H and O–H groups in total. The average Bonchev–Trinajstić information content (AvgIpc) is 3.66. The maximum atomic E-state index is 13.8.